The molecule has 0 aliphatic carbocycles. The Hall–Kier alpha value is -2.18. The van der Waals surface area contributed by atoms with E-state index in [0.717, 1.165) is 11.1 Å². The highest BCUT2D eigenvalue weighted by Gasteiger charge is 2.28. The van der Waals surface area contributed by atoms with Crippen molar-refractivity contribution < 1.29 is 14.3 Å². The summed E-state index contributed by atoms with van der Waals surface area (Å²) in [4.78, 5) is 16.2. The largest absolute Gasteiger partial charge is 0.445 e. The third-order valence-corrected chi connectivity index (χ3v) is 3.59. The summed E-state index contributed by atoms with van der Waals surface area (Å²) in [7, 11) is 0. The van der Waals surface area contributed by atoms with Crippen molar-refractivity contribution in [2.75, 3.05) is 11.9 Å². The molecule has 0 saturated carbocycles. The van der Waals surface area contributed by atoms with Gasteiger partial charge in [-0.25, -0.2) is 4.98 Å². The number of oxazole rings is 1. The van der Waals surface area contributed by atoms with E-state index in [1.807, 2.05) is 25.1 Å². The molecule has 0 bridgehead atoms. The van der Waals surface area contributed by atoms with Crippen LogP contribution in [0.4, 0.5) is 5.69 Å². The van der Waals surface area contributed by atoms with E-state index < -0.39 is 6.10 Å². The maximum absolute atomic E-state index is 12.1. The number of carbonyl (C=O) groups is 1. The van der Waals surface area contributed by atoms with Gasteiger partial charge in [0.2, 0.25) is 11.8 Å². The Morgan fingerprint density at radius 2 is 2.38 bits per heavy atom. The van der Waals surface area contributed by atoms with Crippen LogP contribution in [0.1, 0.15) is 12.0 Å². The van der Waals surface area contributed by atoms with Crippen LogP contribution in [0, 0.1) is 6.92 Å². The Morgan fingerprint density at radius 1 is 1.52 bits per heavy atom. The summed E-state index contributed by atoms with van der Waals surface area (Å²) in [6.45, 7) is 2.41. The highest BCUT2D eigenvalue weighted by molar-refractivity contribution is 5.95. The molecule has 1 aliphatic heterocycles. The first-order valence-electron chi connectivity index (χ1n) is 6.86. The van der Waals surface area contributed by atoms with E-state index in [4.69, 9.17) is 4.42 Å². The summed E-state index contributed by atoms with van der Waals surface area (Å²) in [6, 6.07) is 5.23. The quantitative estimate of drug-likeness (QED) is 0.792. The fraction of sp³-hybridized carbons (Fsp3) is 0.333. The first-order valence-corrected chi connectivity index (χ1v) is 6.86. The zero-order valence-corrected chi connectivity index (χ0v) is 11.7. The lowest BCUT2D eigenvalue weighted by Crippen LogP contribution is -2.35. The molecule has 110 valence electrons. The number of benzene rings is 1. The van der Waals surface area contributed by atoms with E-state index in [1.165, 1.54) is 6.26 Å². The minimum atomic E-state index is -0.457. The third kappa shape index (κ3) is 2.96. The van der Waals surface area contributed by atoms with Crippen molar-refractivity contribution in [3.05, 3.63) is 36.2 Å². The molecule has 1 fully saturated rings. The Morgan fingerprint density at radius 3 is 3.05 bits per heavy atom. The van der Waals surface area contributed by atoms with Gasteiger partial charge in [0.25, 0.3) is 0 Å². The Kier molecular flexibility index (Phi) is 3.72. The molecule has 1 aromatic heterocycles. The number of amides is 1. The van der Waals surface area contributed by atoms with Crippen LogP contribution in [0.2, 0.25) is 0 Å². The monoisotopic (exact) mass is 287 g/mol. The standard InChI is InChI=1S/C15H17N3O3/c1-9-2-3-10(6-12(9)15-16-4-5-21-15)18-14(20)13-7-11(19)8-17-13/h2-6,11,13,17,19H,7-8H2,1H3,(H,18,20). The summed E-state index contributed by atoms with van der Waals surface area (Å²) in [5.74, 6) is 0.381. The van der Waals surface area contributed by atoms with Gasteiger partial charge in [-0.3, -0.25) is 4.79 Å². The molecule has 2 aromatic rings. The number of nitrogens with one attached hydrogen (secondary N) is 2. The van der Waals surface area contributed by atoms with Crippen LogP contribution in [-0.2, 0) is 4.79 Å². The van der Waals surface area contributed by atoms with Gasteiger partial charge in [0.05, 0.1) is 18.3 Å². The van der Waals surface area contributed by atoms with Gasteiger partial charge >= 0.3 is 0 Å². The van der Waals surface area contributed by atoms with Crippen molar-refractivity contribution in [2.45, 2.75) is 25.5 Å². The topological polar surface area (TPSA) is 87.4 Å². The number of hydrogen-bond acceptors (Lipinski definition) is 5. The molecule has 1 aliphatic rings. The molecule has 6 heteroatoms. The number of aliphatic hydroxyl groups is 1. The predicted molar refractivity (Wildman–Crippen MR) is 77.7 cm³/mol. The van der Waals surface area contributed by atoms with Crippen molar-refractivity contribution >= 4 is 11.6 Å². The highest BCUT2D eigenvalue weighted by atomic mass is 16.3. The molecule has 1 amide bonds. The predicted octanol–water partition coefficient (Wildman–Crippen LogP) is 1.31. The van der Waals surface area contributed by atoms with Gasteiger partial charge in [0.1, 0.15) is 6.26 Å². The number of carbonyl (C=O) groups excluding carboxylic acids is 1. The van der Waals surface area contributed by atoms with Crippen molar-refractivity contribution in [1.29, 1.82) is 0 Å². The normalized spacial score (nSPS) is 21.4. The molecule has 0 spiro atoms. The van der Waals surface area contributed by atoms with E-state index in [-0.39, 0.29) is 11.9 Å². The van der Waals surface area contributed by atoms with Gasteiger partial charge in [-0.05, 0) is 31.0 Å². The fourth-order valence-electron chi connectivity index (χ4n) is 2.43. The Balaban J connectivity index is 1.77. The van der Waals surface area contributed by atoms with Gasteiger partial charge < -0.3 is 20.2 Å². The minimum Gasteiger partial charge on any atom is -0.445 e. The van der Waals surface area contributed by atoms with Crippen LogP contribution >= 0.6 is 0 Å². The number of hydrogen-bond donors (Lipinski definition) is 3. The number of rotatable bonds is 3. The molecule has 1 aromatic carbocycles. The number of β-amino-alcohol motifs (C(OH)–C–C–N with tert-alkyl or cyclic N) is 1. The minimum absolute atomic E-state index is 0.145. The number of anilines is 1. The summed E-state index contributed by atoms with van der Waals surface area (Å²) in [5, 5.41) is 15.3. The molecule has 6 nitrogen and oxygen atoms in total. The van der Waals surface area contributed by atoms with Crippen molar-refractivity contribution in [3.63, 3.8) is 0 Å². The van der Waals surface area contributed by atoms with Crippen molar-refractivity contribution in [3.8, 4) is 11.5 Å². The Bertz CT molecular complexity index is 640. The van der Waals surface area contributed by atoms with E-state index in [1.54, 1.807) is 6.20 Å². The zero-order valence-electron chi connectivity index (χ0n) is 11.7. The second-order valence-electron chi connectivity index (χ2n) is 5.21. The van der Waals surface area contributed by atoms with Gasteiger partial charge in [-0.15, -0.1) is 0 Å². The van der Waals surface area contributed by atoms with Crippen LogP contribution in [-0.4, -0.2) is 34.7 Å². The zero-order chi connectivity index (χ0) is 14.8. The lowest BCUT2D eigenvalue weighted by Gasteiger charge is -2.12. The van der Waals surface area contributed by atoms with Crippen LogP contribution < -0.4 is 10.6 Å². The first-order chi connectivity index (χ1) is 10.1. The highest BCUT2D eigenvalue weighted by Crippen LogP contribution is 2.25. The van der Waals surface area contributed by atoms with Crippen molar-refractivity contribution in [1.82, 2.24) is 10.3 Å². The molecular formula is C15H17N3O3. The molecule has 2 heterocycles. The van der Waals surface area contributed by atoms with E-state index in [2.05, 4.69) is 15.6 Å². The number of aryl methyl sites for hydroxylation is 1. The van der Waals surface area contributed by atoms with Crippen LogP contribution in [0.25, 0.3) is 11.5 Å². The summed E-state index contributed by atoms with van der Waals surface area (Å²) in [5.41, 5.74) is 2.55. The molecule has 0 radical (unpaired) electrons. The number of aliphatic hydroxyl groups excluding tert-OH is 1. The maximum atomic E-state index is 12.1. The smallest absolute Gasteiger partial charge is 0.241 e. The van der Waals surface area contributed by atoms with Gasteiger partial charge in [-0.2, -0.15) is 0 Å². The molecule has 3 rings (SSSR count). The molecule has 2 unspecified atom stereocenters. The van der Waals surface area contributed by atoms with E-state index in [0.29, 0.717) is 24.5 Å². The van der Waals surface area contributed by atoms with Gasteiger partial charge in [0.15, 0.2) is 0 Å². The molecule has 3 N–H and O–H groups in total. The number of nitrogens with zero attached hydrogens (tertiary/aromatic N) is 1. The summed E-state index contributed by atoms with van der Waals surface area (Å²) in [6.07, 6.45) is 3.08. The molecule has 1 saturated heterocycles. The second-order valence-corrected chi connectivity index (χ2v) is 5.21. The summed E-state index contributed by atoms with van der Waals surface area (Å²) < 4.78 is 5.30. The lowest BCUT2D eigenvalue weighted by atomic mass is 10.1. The molecule has 2 atom stereocenters. The maximum Gasteiger partial charge on any atom is 0.241 e. The van der Waals surface area contributed by atoms with E-state index in [9.17, 15) is 9.90 Å². The van der Waals surface area contributed by atoms with Crippen LogP contribution in [0.5, 0.6) is 0 Å². The van der Waals surface area contributed by atoms with Gasteiger partial charge in [-0.1, -0.05) is 6.07 Å². The second kappa shape index (κ2) is 5.67. The van der Waals surface area contributed by atoms with Crippen LogP contribution in [0.3, 0.4) is 0 Å². The van der Waals surface area contributed by atoms with E-state index >= 15 is 0 Å². The van der Waals surface area contributed by atoms with Gasteiger partial charge in [0, 0.05) is 17.8 Å². The first kappa shape index (κ1) is 13.8. The fourth-order valence-corrected chi connectivity index (χ4v) is 2.43. The molecular weight excluding hydrogens is 270 g/mol. The SMILES string of the molecule is Cc1ccc(NC(=O)C2CC(O)CN2)cc1-c1ncco1. The third-order valence-electron chi connectivity index (χ3n) is 3.59. The number of aromatic nitrogens is 1. The lowest BCUT2D eigenvalue weighted by molar-refractivity contribution is -0.117. The molecule has 21 heavy (non-hydrogen) atoms. The van der Waals surface area contributed by atoms with Crippen molar-refractivity contribution in [2.24, 2.45) is 0 Å². The average Bonchev–Trinajstić information content (AvgIpc) is 3.12. The average molecular weight is 287 g/mol. The van der Waals surface area contributed by atoms with Crippen LogP contribution in [0.15, 0.2) is 35.1 Å². The Labute approximate surface area is 122 Å². The summed E-state index contributed by atoms with van der Waals surface area (Å²) >= 11 is 0.